The molecule has 3 aromatic rings. The molecule has 0 radical (unpaired) electrons. The summed E-state index contributed by atoms with van der Waals surface area (Å²) < 4.78 is 10.5. The van der Waals surface area contributed by atoms with Gasteiger partial charge in [0.15, 0.2) is 5.70 Å². The van der Waals surface area contributed by atoms with Gasteiger partial charge >= 0.3 is 5.97 Å². The van der Waals surface area contributed by atoms with Gasteiger partial charge in [-0.25, -0.2) is 9.79 Å². The summed E-state index contributed by atoms with van der Waals surface area (Å²) in [7, 11) is 1.59. The second kappa shape index (κ2) is 6.24. The van der Waals surface area contributed by atoms with Crippen LogP contribution in [-0.4, -0.2) is 19.0 Å². The maximum absolute atomic E-state index is 12.1. The average molecular weight is 329 g/mol. The van der Waals surface area contributed by atoms with Crippen LogP contribution in [0.2, 0.25) is 0 Å². The number of methoxy groups -OCH3 is 1. The highest BCUT2D eigenvalue weighted by atomic mass is 16.6. The van der Waals surface area contributed by atoms with Crippen molar-refractivity contribution in [1.29, 1.82) is 0 Å². The molecule has 1 aliphatic heterocycles. The van der Waals surface area contributed by atoms with Crippen LogP contribution in [0.4, 0.5) is 0 Å². The molecule has 0 fully saturated rings. The van der Waals surface area contributed by atoms with Crippen LogP contribution in [0.1, 0.15) is 11.1 Å². The molecule has 0 aromatic heterocycles. The minimum absolute atomic E-state index is 0.285. The Morgan fingerprint density at radius 1 is 0.960 bits per heavy atom. The summed E-state index contributed by atoms with van der Waals surface area (Å²) in [6, 6.07) is 21.3. The number of ether oxygens (including phenoxy) is 2. The fourth-order valence-electron chi connectivity index (χ4n) is 2.74. The normalized spacial score (nSPS) is 15.3. The molecule has 1 aliphatic rings. The van der Waals surface area contributed by atoms with E-state index in [1.165, 1.54) is 0 Å². The number of benzene rings is 3. The van der Waals surface area contributed by atoms with Crippen LogP contribution in [0.15, 0.2) is 77.4 Å². The number of rotatable bonds is 3. The Hall–Kier alpha value is -3.40. The number of hydrogen-bond acceptors (Lipinski definition) is 4. The third-order valence-corrected chi connectivity index (χ3v) is 4.01. The molecular weight excluding hydrogens is 314 g/mol. The lowest BCUT2D eigenvalue weighted by Gasteiger charge is -2.02. The maximum Gasteiger partial charge on any atom is 0.363 e. The Morgan fingerprint density at radius 2 is 1.80 bits per heavy atom. The monoisotopic (exact) mass is 329 g/mol. The summed E-state index contributed by atoms with van der Waals surface area (Å²) in [6.45, 7) is 0. The SMILES string of the molecule is COc1cccc(C2=NC(=Cc3ccc4ccccc4c3)C(=O)O2)c1. The van der Waals surface area contributed by atoms with Gasteiger partial charge in [0, 0.05) is 5.56 Å². The number of carbonyl (C=O) groups excluding carboxylic acids is 1. The minimum atomic E-state index is -0.453. The molecule has 0 aliphatic carbocycles. The first-order valence-corrected chi connectivity index (χ1v) is 7.89. The van der Waals surface area contributed by atoms with Crippen molar-refractivity contribution in [3.8, 4) is 5.75 Å². The van der Waals surface area contributed by atoms with E-state index >= 15 is 0 Å². The summed E-state index contributed by atoms with van der Waals surface area (Å²) in [5.41, 5.74) is 1.89. The van der Waals surface area contributed by atoms with E-state index in [1.54, 1.807) is 19.3 Å². The van der Waals surface area contributed by atoms with Crippen LogP contribution >= 0.6 is 0 Å². The van der Waals surface area contributed by atoms with Crippen molar-refractivity contribution < 1.29 is 14.3 Å². The second-order valence-electron chi connectivity index (χ2n) is 5.67. The zero-order valence-electron chi connectivity index (χ0n) is 13.6. The quantitative estimate of drug-likeness (QED) is 0.535. The average Bonchev–Trinajstić information content (AvgIpc) is 3.02. The fraction of sp³-hybridized carbons (Fsp3) is 0.0476. The van der Waals surface area contributed by atoms with E-state index in [1.807, 2.05) is 54.6 Å². The Morgan fingerprint density at radius 3 is 2.64 bits per heavy atom. The van der Waals surface area contributed by atoms with Crippen LogP contribution in [-0.2, 0) is 9.53 Å². The molecule has 0 amide bonds. The van der Waals surface area contributed by atoms with Crippen LogP contribution in [0.5, 0.6) is 5.75 Å². The standard InChI is InChI=1S/C21H15NO3/c1-24-18-8-4-7-17(13-18)20-22-19(21(23)25-20)12-14-9-10-15-5-2-3-6-16(15)11-14/h2-13H,1H3. The van der Waals surface area contributed by atoms with E-state index in [-0.39, 0.29) is 11.6 Å². The van der Waals surface area contributed by atoms with Gasteiger partial charge in [-0.1, -0.05) is 42.5 Å². The van der Waals surface area contributed by atoms with Crippen molar-refractivity contribution in [3.05, 3.63) is 83.6 Å². The molecule has 3 aromatic carbocycles. The first-order valence-electron chi connectivity index (χ1n) is 7.89. The molecule has 0 saturated heterocycles. The molecule has 4 nitrogen and oxygen atoms in total. The van der Waals surface area contributed by atoms with Gasteiger partial charge in [0.2, 0.25) is 5.90 Å². The van der Waals surface area contributed by atoms with Crippen LogP contribution in [0.3, 0.4) is 0 Å². The third-order valence-electron chi connectivity index (χ3n) is 4.01. The molecule has 0 saturated carbocycles. The predicted molar refractivity (Wildman–Crippen MR) is 97.5 cm³/mol. The molecule has 122 valence electrons. The Balaban J connectivity index is 1.69. The summed E-state index contributed by atoms with van der Waals surface area (Å²) in [6.07, 6.45) is 1.74. The maximum atomic E-state index is 12.1. The van der Waals surface area contributed by atoms with Crippen molar-refractivity contribution >= 4 is 28.7 Å². The molecule has 4 heteroatoms. The van der Waals surface area contributed by atoms with Crippen molar-refractivity contribution in [2.45, 2.75) is 0 Å². The minimum Gasteiger partial charge on any atom is -0.497 e. The molecule has 0 unspecified atom stereocenters. The van der Waals surface area contributed by atoms with Gasteiger partial charge in [0.1, 0.15) is 5.75 Å². The Bertz CT molecular complexity index is 1030. The first-order chi connectivity index (χ1) is 12.2. The largest absolute Gasteiger partial charge is 0.497 e. The third kappa shape index (κ3) is 3.02. The van der Waals surface area contributed by atoms with E-state index in [0.29, 0.717) is 11.3 Å². The van der Waals surface area contributed by atoms with Crippen molar-refractivity contribution in [1.82, 2.24) is 0 Å². The number of esters is 1. The van der Waals surface area contributed by atoms with E-state index < -0.39 is 5.97 Å². The molecule has 25 heavy (non-hydrogen) atoms. The molecule has 0 spiro atoms. The number of aliphatic imine (C=N–C) groups is 1. The topological polar surface area (TPSA) is 47.9 Å². The van der Waals surface area contributed by atoms with E-state index in [2.05, 4.69) is 11.1 Å². The fourth-order valence-corrected chi connectivity index (χ4v) is 2.74. The van der Waals surface area contributed by atoms with Crippen molar-refractivity contribution in [2.24, 2.45) is 4.99 Å². The summed E-state index contributed by atoms with van der Waals surface area (Å²) in [5, 5.41) is 2.26. The molecule has 0 atom stereocenters. The van der Waals surface area contributed by atoms with Gasteiger partial charge in [-0.15, -0.1) is 0 Å². The van der Waals surface area contributed by atoms with Crippen LogP contribution < -0.4 is 4.74 Å². The highest BCUT2D eigenvalue weighted by Gasteiger charge is 2.24. The van der Waals surface area contributed by atoms with Crippen molar-refractivity contribution in [3.63, 3.8) is 0 Å². The highest BCUT2D eigenvalue weighted by molar-refractivity contribution is 6.13. The van der Waals surface area contributed by atoms with Gasteiger partial charge < -0.3 is 9.47 Å². The summed E-state index contributed by atoms with van der Waals surface area (Å²) in [5.74, 6) is 0.519. The van der Waals surface area contributed by atoms with Crippen LogP contribution in [0, 0.1) is 0 Å². The molecule has 1 heterocycles. The zero-order chi connectivity index (χ0) is 17.2. The molecule has 0 bridgehead atoms. The second-order valence-corrected chi connectivity index (χ2v) is 5.67. The summed E-state index contributed by atoms with van der Waals surface area (Å²) >= 11 is 0. The Labute approximate surface area is 145 Å². The van der Waals surface area contributed by atoms with Crippen LogP contribution in [0.25, 0.3) is 16.8 Å². The number of cyclic esters (lactones) is 1. The number of hydrogen-bond donors (Lipinski definition) is 0. The highest BCUT2D eigenvalue weighted by Crippen LogP contribution is 2.23. The number of carbonyl (C=O) groups is 1. The zero-order valence-corrected chi connectivity index (χ0v) is 13.6. The van der Waals surface area contributed by atoms with Gasteiger partial charge in [0.05, 0.1) is 7.11 Å². The smallest absolute Gasteiger partial charge is 0.363 e. The van der Waals surface area contributed by atoms with Gasteiger partial charge in [-0.3, -0.25) is 0 Å². The van der Waals surface area contributed by atoms with Gasteiger partial charge in [-0.05, 0) is 46.7 Å². The summed E-state index contributed by atoms with van der Waals surface area (Å²) in [4.78, 5) is 16.5. The van der Waals surface area contributed by atoms with Gasteiger partial charge in [0.25, 0.3) is 0 Å². The lowest BCUT2D eigenvalue weighted by atomic mass is 10.1. The van der Waals surface area contributed by atoms with E-state index in [4.69, 9.17) is 9.47 Å². The first kappa shape index (κ1) is 15.1. The van der Waals surface area contributed by atoms with Gasteiger partial charge in [-0.2, -0.15) is 0 Å². The lowest BCUT2D eigenvalue weighted by molar-refractivity contribution is -0.129. The predicted octanol–water partition coefficient (Wildman–Crippen LogP) is 4.19. The van der Waals surface area contributed by atoms with Crippen molar-refractivity contribution in [2.75, 3.05) is 7.11 Å². The Kier molecular flexibility index (Phi) is 3.78. The molecular formula is C21H15NO3. The number of nitrogens with zero attached hydrogens (tertiary/aromatic N) is 1. The van der Waals surface area contributed by atoms with E-state index in [9.17, 15) is 4.79 Å². The lowest BCUT2D eigenvalue weighted by Crippen LogP contribution is -2.05. The molecule has 0 N–H and O–H groups in total. The van der Waals surface area contributed by atoms with E-state index in [0.717, 1.165) is 16.3 Å². The molecule has 4 rings (SSSR count). The number of fused-ring (bicyclic) bond motifs is 1.